The molecule has 4 heteroatoms. The Morgan fingerprint density at radius 3 is 2.94 bits per heavy atom. The molecule has 0 spiro atoms. The standard InChI is InChI=1S/C13H14N2O2/c1-2-5-11(6-3-1)15-10-12(9-14-15)17-13-7-4-8-16-13/h1-3,5-6,9-10,13H,4,7-8H2. The molecule has 1 unspecified atom stereocenters. The highest BCUT2D eigenvalue weighted by molar-refractivity contribution is 5.32. The number of hydrogen-bond donors (Lipinski definition) is 0. The number of aromatic nitrogens is 2. The molecule has 17 heavy (non-hydrogen) atoms. The summed E-state index contributed by atoms with van der Waals surface area (Å²) in [5.74, 6) is 0.751. The lowest BCUT2D eigenvalue weighted by Gasteiger charge is -2.09. The minimum absolute atomic E-state index is 0.108. The maximum absolute atomic E-state index is 5.67. The van der Waals surface area contributed by atoms with E-state index in [2.05, 4.69) is 5.10 Å². The van der Waals surface area contributed by atoms with E-state index in [0.717, 1.165) is 30.9 Å². The molecule has 2 aromatic rings. The lowest BCUT2D eigenvalue weighted by atomic mass is 10.3. The summed E-state index contributed by atoms with van der Waals surface area (Å²) in [5.41, 5.74) is 1.02. The van der Waals surface area contributed by atoms with Crippen molar-refractivity contribution in [1.82, 2.24) is 9.78 Å². The summed E-state index contributed by atoms with van der Waals surface area (Å²) < 4.78 is 12.9. The third-order valence-electron chi connectivity index (χ3n) is 2.74. The van der Waals surface area contributed by atoms with Crippen molar-refractivity contribution in [3.8, 4) is 11.4 Å². The van der Waals surface area contributed by atoms with E-state index in [9.17, 15) is 0 Å². The maximum atomic E-state index is 5.67. The average molecular weight is 230 g/mol. The van der Waals surface area contributed by atoms with Gasteiger partial charge in [0.1, 0.15) is 0 Å². The van der Waals surface area contributed by atoms with Gasteiger partial charge in [-0.3, -0.25) is 0 Å². The number of rotatable bonds is 3. The fourth-order valence-electron chi connectivity index (χ4n) is 1.88. The first kappa shape index (κ1) is 10.4. The van der Waals surface area contributed by atoms with Crippen molar-refractivity contribution in [2.75, 3.05) is 6.61 Å². The van der Waals surface area contributed by atoms with Gasteiger partial charge in [0.15, 0.2) is 12.0 Å². The van der Waals surface area contributed by atoms with Crippen LogP contribution in [0.5, 0.6) is 5.75 Å². The van der Waals surface area contributed by atoms with Gasteiger partial charge in [-0.1, -0.05) is 18.2 Å². The first-order valence-corrected chi connectivity index (χ1v) is 5.80. The average Bonchev–Trinajstić information content (AvgIpc) is 3.02. The number of hydrogen-bond acceptors (Lipinski definition) is 3. The van der Waals surface area contributed by atoms with Crippen molar-refractivity contribution < 1.29 is 9.47 Å². The van der Waals surface area contributed by atoms with Crippen LogP contribution in [0.15, 0.2) is 42.7 Å². The van der Waals surface area contributed by atoms with Crippen LogP contribution in [0, 0.1) is 0 Å². The summed E-state index contributed by atoms with van der Waals surface area (Å²) in [4.78, 5) is 0. The van der Waals surface area contributed by atoms with Crippen molar-refractivity contribution in [3.63, 3.8) is 0 Å². The second kappa shape index (κ2) is 4.59. The molecule has 1 atom stereocenters. The predicted octanol–water partition coefficient (Wildman–Crippen LogP) is 2.39. The zero-order valence-corrected chi connectivity index (χ0v) is 9.45. The third-order valence-corrected chi connectivity index (χ3v) is 2.74. The fraction of sp³-hybridized carbons (Fsp3) is 0.308. The summed E-state index contributed by atoms with van der Waals surface area (Å²) in [6.07, 6.45) is 5.50. The monoisotopic (exact) mass is 230 g/mol. The number of para-hydroxylation sites is 1. The zero-order chi connectivity index (χ0) is 11.5. The van der Waals surface area contributed by atoms with Crippen molar-refractivity contribution >= 4 is 0 Å². The lowest BCUT2D eigenvalue weighted by Crippen LogP contribution is -2.13. The second-order valence-electron chi connectivity index (χ2n) is 4.02. The molecular formula is C13H14N2O2. The molecule has 1 aliphatic rings. The van der Waals surface area contributed by atoms with E-state index in [1.165, 1.54) is 0 Å². The number of benzene rings is 1. The van der Waals surface area contributed by atoms with Crippen LogP contribution in [0.25, 0.3) is 5.69 Å². The van der Waals surface area contributed by atoms with Crippen LogP contribution >= 0.6 is 0 Å². The van der Waals surface area contributed by atoms with E-state index < -0.39 is 0 Å². The van der Waals surface area contributed by atoms with E-state index in [1.807, 2.05) is 36.5 Å². The Bertz CT molecular complexity index is 475. The lowest BCUT2D eigenvalue weighted by molar-refractivity contribution is -0.0390. The Morgan fingerprint density at radius 2 is 2.18 bits per heavy atom. The molecule has 2 heterocycles. The van der Waals surface area contributed by atoms with Gasteiger partial charge >= 0.3 is 0 Å². The van der Waals surface area contributed by atoms with Gasteiger partial charge in [0.05, 0.1) is 24.7 Å². The molecule has 0 radical (unpaired) electrons. The maximum Gasteiger partial charge on any atom is 0.200 e. The molecule has 0 N–H and O–H groups in total. The predicted molar refractivity (Wildman–Crippen MR) is 63.2 cm³/mol. The van der Waals surface area contributed by atoms with E-state index >= 15 is 0 Å². The minimum Gasteiger partial charge on any atom is -0.462 e. The summed E-state index contributed by atoms with van der Waals surface area (Å²) in [6, 6.07) is 9.96. The van der Waals surface area contributed by atoms with Gasteiger partial charge in [-0.2, -0.15) is 5.10 Å². The third kappa shape index (κ3) is 2.31. The first-order chi connectivity index (χ1) is 8.42. The number of nitrogens with zero attached hydrogens (tertiary/aromatic N) is 2. The highest BCUT2D eigenvalue weighted by atomic mass is 16.7. The number of ether oxygens (including phenoxy) is 2. The van der Waals surface area contributed by atoms with Crippen LogP contribution in [0.4, 0.5) is 0 Å². The van der Waals surface area contributed by atoms with Gasteiger partial charge in [0.2, 0.25) is 0 Å². The van der Waals surface area contributed by atoms with Crippen LogP contribution in [0.2, 0.25) is 0 Å². The van der Waals surface area contributed by atoms with Gasteiger partial charge in [-0.15, -0.1) is 0 Å². The van der Waals surface area contributed by atoms with Crippen LogP contribution in [0.1, 0.15) is 12.8 Å². The van der Waals surface area contributed by atoms with Gasteiger partial charge in [-0.05, 0) is 18.6 Å². The Morgan fingerprint density at radius 1 is 1.29 bits per heavy atom. The molecule has 0 aliphatic carbocycles. The van der Waals surface area contributed by atoms with Crippen LogP contribution in [0.3, 0.4) is 0 Å². The van der Waals surface area contributed by atoms with E-state index in [0.29, 0.717) is 0 Å². The first-order valence-electron chi connectivity index (χ1n) is 5.80. The van der Waals surface area contributed by atoms with Crippen LogP contribution < -0.4 is 4.74 Å². The van der Waals surface area contributed by atoms with E-state index in [-0.39, 0.29) is 6.29 Å². The van der Waals surface area contributed by atoms with Gasteiger partial charge < -0.3 is 9.47 Å². The van der Waals surface area contributed by atoms with Crippen LogP contribution in [-0.4, -0.2) is 22.7 Å². The molecule has 4 nitrogen and oxygen atoms in total. The molecule has 1 aliphatic heterocycles. The topological polar surface area (TPSA) is 36.3 Å². The minimum atomic E-state index is -0.108. The van der Waals surface area contributed by atoms with Crippen LogP contribution in [-0.2, 0) is 4.74 Å². The molecule has 0 saturated carbocycles. The van der Waals surface area contributed by atoms with Gasteiger partial charge in [0, 0.05) is 6.42 Å². The summed E-state index contributed by atoms with van der Waals surface area (Å²) in [5, 5.41) is 4.26. The molecule has 1 aromatic heterocycles. The summed E-state index contributed by atoms with van der Waals surface area (Å²) in [7, 11) is 0. The van der Waals surface area contributed by atoms with Crippen molar-refractivity contribution in [3.05, 3.63) is 42.7 Å². The van der Waals surface area contributed by atoms with Gasteiger partial charge in [0.25, 0.3) is 0 Å². The molecule has 1 saturated heterocycles. The molecule has 0 amide bonds. The molecule has 1 fully saturated rings. The van der Waals surface area contributed by atoms with Crippen molar-refractivity contribution in [1.29, 1.82) is 0 Å². The van der Waals surface area contributed by atoms with E-state index in [4.69, 9.17) is 9.47 Å². The van der Waals surface area contributed by atoms with Gasteiger partial charge in [-0.25, -0.2) is 4.68 Å². The summed E-state index contributed by atoms with van der Waals surface area (Å²) in [6.45, 7) is 0.789. The largest absolute Gasteiger partial charge is 0.462 e. The molecule has 88 valence electrons. The zero-order valence-electron chi connectivity index (χ0n) is 9.45. The summed E-state index contributed by atoms with van der Waals surface area (Å²) >= 11 is 0. The van der Waals surface area contributed by atoms with Crippen molar-refractivity contribution in [2.45, 2.75) is 19.1 Å². The molecule has 1 aromatic carbocycles. The Hall–Kier alpha value is -1.81. The van der Waals surface area contributed by atoms with Crippen molar-refractivity contribution in [2.24, 2.45) is 0 Å². The van der Waals surface area contributed by atoms with E-state index in [1.54, 1.807) is 10.9 Å². The Labute approximate surface area is 99.8 Å². The highest BCUT2D eigenvalue weighted by Crippen LogP contribution is 2.19. The molecule has 3 rings (SSSR count). The second-order valence-corrected chi connectivity index (χ2v) is 4.02. The fourth-order valence-corrected chi connectivity index (χ4v) is 1.88. The smallest absolute Gasteiger partial charge is 0.200 e. The molecular weight excluding hydrogens is 216 g/mol. The quantitative estimate of drug-likeness (QED) is 0.812. The normalized spacial score (nSPS) is 19.4. The Balaban J connectivity index is 1.74. The molecule has 0 bridgehead atoms. The Kier molecular flexibility index (Phi) is 2.80. The SMILES string of the molecule is c1ccc(-n2cc(OC3CCCO3)cn2)cc1. The highest BCUT2D eigenvalue weighted by Gasteiger charge is 2.17.